The highest BCUT2D eigenvalue weighted by Crippen LogP contribution is 2.27. The number of rotatable bonds is 2. The Hall–Kier alpha value is -1.26. The van der Waals surface area contributed by atoms with Gasteiger partial charge in [0.25, 0.3) is 0 Å². The molecule has 1 aliphatic carbocycles. The molecule has 0 aromatic carbocycles. The van der Waals surface area contributed by atoms with Crippen molar-refractivity contribution >= 4 is 12.0 Å². The number of piperidine rings is 1. The van der Waals surface area contributed by atoms with Crippen LogP contribution in [0.4, 0.5) is 4.79 Å². The van der Waals surface area contributed by atoms with E-state index in [1.807, 2.05) is 23.8 Å². The summed E-state index contributed by atoms with van der Waals surface area (Å²) in [4.78, 5) is 27.4. The number of likely N-dealkylation sites (tertiary alicyclic amines) is 1. The summed E-state index contributed by atoms with van der Waals surface area (Å²) in [5.74, 6) is -1.03. The first-order valence-electron chi connectivity index (χ1n) is 7.77. The van der Waals surface area contributed by atoms with E-state index < -0.39 is 5.97 Å². The zero-order valence-electron chi connectivity index (χ0n) is 12.5. The lowest BCUT2D eigenvalue weighted by Crippen LogP contribution is -2.53. The van der Waals surface area contributed by atoms with Gasteiger partial charge in [0.1, 0.15) is 0 Å². The molecule has 0 spiro atoms. The monoisotopic (exact) mass is 282 g/mol. The van der Waals surface area contributed by atoms with E-state index in [2.05, 4.69) is 0 Å². The van der Waals surface area contributed by atoms with Crippen LogP contribution in [0.5, 0.6) is 0 Å². The van der Waals surface area contributed by atoms with Crippen LogP contribution in [-0.4, -0.2) is 52.6 Å². The molecule has 1 heterocycles. The summed E-state index contributed by atoms with van der Waals surface area (Å²) in [6, 6.07) is 0.456. The van der Waals surface area contributed by atoms with Gasteiger partial charge < -0.3 is 14.9 Å². The molecule has 2 amide bonds. The van der Waals surface area contributed by atoms with Crippen LogP contribution in [0.3, 0.4) is 0 Å². The normalized spacial score (nSPS) is 28.2. The van der Waals surface area contributed by atoms with Gasteiger partial charge in [0, 0.05) is 25.7 Å². The molecule has 0 aromatic rings. The van der Waals surface area contributed by atoms with Gasteiger partial charge in [0.2, 0.25) is 0 Å². The molecule has 5 nitrogen and oxygen atoms in total. The van der Waals surface area contributed by atoms with Crippen molar-refractivity contribution in [3.63, 3.8) is 0 Å². The highest BCUT2D eigenvalue weighted by molar-refractivity contribution is 5.76. The van der Waals surface area contributed by atoms with E-state index in [1.54, 1.807) is 0 Å². The fourth-order valence-electron chi connectivity index (χ4n) is 3.51. The number of carboxylic acid groups (broad SMARTS) is 1. The second kappa shape index (κ2) is 6.46. The molecule has 2 aliphatic rings. The molecule has 0 radical (unpaired) electrons. The van der Waals surface area contributed by atoms with Crippen LogP contribution >= 0.6 is 0 Å². The summed E-state index contributed by atoms with van der Waals surface area (Å²) >= 11 is 0. The van der Waals surface area contributed by atoms with Gasteiger partial charge in [0.15, 0.2) is 0 Å². The molecular weight excluding hydrogens is 256 g/mol. The molecule has 114 valence electrons. The number of aliphatic carboxylic acids is 1. The van der Waals surface area contributed by atoms with Crippen molar-refractivity contribution in [1.82, 2.24) is 9.80 Å². The minimum Gasteiger partial charge on any atom is -0.481 e. The highest BCUT2D eigenvalue weighted by atomic mass is 16.4. The Morgan fingerprint density at radius 1 is 1.15 bits per heavy atom. The number of carbonyl (C=O) groups is 2. The van der Waals surface area contributed by atoms with Gasteiger partial charge in [-0.25, -0.2) is 4.79 Å². The SMILES string of the molecule is CC1CC(C(=O)O)CCN1C(=O)N(C)C1CCCCC1. The lowest BCUT2D eigenvalue weighted by atomic mass is 9.91. The first kappa shape index (κ1) is 15.1. The Morgan fingerprint density at radius 3 is 2.35 bits per heavy atom. The fraction of sp³-hybridized carbons (Fsp3) is 0.867. The van der Waals surface area contributed by atoms with E-state index in [4.69, 9.17) is 5.11 Å². The van der Waals surface area contributed by atoms with E-state index in [-0.39, 0.29) is 18.0 Å². The molecule has 2 unspecified atom stereocenters. The van der Waals surface area contributed by atoms with Crippen molar-refractivity contribution in [2.75, 3.05) is 13.6 Å². The van der Waals surface area contributed by atoms with Gasteiger partial charge in [-0.05, 0) is 32.6 Å². The summed E-state index contributed by atoms with van der Waals surface area (Å²) in [7, 11) is 1.90. The minimum atomic E-state index is -0.732. The second-order valence-electron chi connectivity index (χ2n) is 6.29. The predicted molar refractivity (Wildman–Crippen MR) is 76.6 cm³/mol. The smallest absolute Gasteiger partial charge is 0.320 e. The molecule has 0 aromatic heterocycles. The first-order valence-corrected chi connectivity index (χ1v) is 7.77. The van der Waals surface area contributed by atoms with Crippen molar-refractivity contribution < 1.29 is 14.7 Å². The molecular formula is C15H26N2O3. The second-order valence-corrected chi connectivity index (χ2v) is 6.29. The van der Waals surface area contributed by atoms with Crippen molar-refractivity contribution in [1.29, 1.82) is 0 Å². The van der Waals surface area contributed by atoms with Crippen LogP contribution < -0.4 is 0 Å². The van der Waals surface area contributed by atoms with E-state index in [0.29, 0.717) is 25.4 Å². The number of hydrogen-bond donors (Lipinski definition) is 1. The molecule has 2 atom stereocenters. The predicted octanol–water partition coefficient (Wildman–Crippen LogP) is 2.56. The molecule has 2 rings (SSSR count). The van der Waals surface area contributed by atoms with Gasteiger partial charge in [-0.2, -0.15) is 0 Å². The van der Waals surface area contributed by atoms with Crippen molar-refractivity contribution in [2.45, 2.75) is 64.0 Å². The van der Waals surface area contributed by atoms with E-state index in [1.165, 1.54) is 19.3 Å². The summed E-state index contributed by atoms with van der Waals surface area (Å²) < 4.78 is 0. The Balaban J connectivity index is 1.93. The lowest BCUT2D eigenvalue weighted by molar-refractivity contribution is -0.143. The van der Waals surface area contributed by atoms with Gasteiger partial charge in [-0.3, -0.25) is 4.79 Å². The summed E-state index contributed by atoms with van der Waals surface area (Å²) in [6.07, 6.45) is 7.03. The summed E-state index contributed by atoms with van der Waals surface area (Å²) in [5.41, 5.74) is 0. The standard InChI is InChI=1S/C15H26N2O3/c1-11-10-12(14(18)19)8-9-17(11)15(20)16(2)13-6-4-3-5-7-13/h11-13H,3-10H2,1-2H3,(H,18,19). The van der Waals surface area contributed by atoms with Crippen LogP contribution in [-0.2, 0) is 4.79 Å². The first-order chi connectivity index (χ1) is 9.50. The maximum absolute atomic E-state index is 12.6. The maximum Gasteiger partial charge on any atom is 0.320 e. The fourth-order valence-corrected chi connectivity index (χ4v) is 3.51. The Morgan fingerprint density at radius 2 is 1.80 bits per heavy atom. The quantitative estimate of drug-likeness (QED) is 0.846. The van der Waals surface area contributed by atoms with Crippen LogP contribution in [0, 0.1) is 5.92 Å². The zero-order valence-corrected chi connectivity index (χ0v) is 12.5. The third-order valence-corrected chi connectivity index (χ3v) is 4.90. The summed E-state index contributed by atoms with van der Waals surface area (Å²) in [6.45, 7) is 2.52. The van der Waals surface area contributed by atoms with Crippen LogP contribution in [0.1, 0.15) is 51.9 Å². The molecule has 0 bridgehead atoms. The van der Waals surface area contributed by atoms with Gasteiger partial charge >= 0.3 is 12.0 Å². The lowest BCUT2D eigenvalue weighted by Gasteiger charge is -2.41. The van der Waals surface area contributed by atoms with Gasteiger partial charge in [-0.15, -0.1) is 0 Å². The van der Waals surface area contributed by atoms with Gasteiger partial charge in [0.05, 0.1) is 5.92 Å². The van der Waals surface area contributed by atoms with Crippen molar-refractivity contribution in [2.24, 2.45) is 5.92 Å². The molecule has 1 saturated heterocycles. The Kier molecular flexibility index (Phi) is 4.89. The topological polar surface area (TPSA) is 60.9 Å². The molecule has 1 N–H and O–H groups in total. The average molecular weight is 282 g/mol. The van der Waals surface area contributed by atoms with Crippen molar-refractivity contribution in [3.8, 4) is 0 Å². The molecule has 5 heteroatoms. The average Bonchev–Trinajstić information content (AvgIpc) is 2.46. The molecule has 20 heavy (non-hydrogen) atoms. The minimum absolute atomic E-state index is 0.0170. The highest BCUT2D eigenvalue weighted by Gasteiger charge is 2.35. The van der Waals surface area contributed by atoms with Crippen LogP contribution in [0.25, 0.3) is 0 Å². The number of amides is 2. The third kappa shape index (κ3) is 3.25. The summed E-state index contributed by atoms with van der Waals surface area (Å²) in [5, 5.41) is 9.08. The van der Waals surface area contributed by atoms with Crippen molar-refractivity contribution in [3.05, 3.63) is 0 Å². The van der Waals surface area contributed by atoms with Gasteiger partial charge in [-0.1, -0.05) is 19.3 Å². The molecule has 1 aliphatic heterocycles. The molecule has 1 saturated carbocycles. The number of hydrogen-bond acceptors (Lipinski definition) is 2. The van der Waals surface area contributed by atoms with E-state index >= 15 is 0 Å². The number of carbonyl (C=O) groups excluding carboxylic acids is 1. The van der Waals surface area contributed by atoms with Crippen LogP contribution in [0.15, 0.2) is 0 Å². The van der Waals surface area contributed by atoms with E-state index in [0.717, 1.165) is 12.8 Å². The third-order valence-electron chi connectivity index (χ3n) is 4.90. The maximum atomic E-state index is 12.6. The van der Waals surface area contributed by atoms with Crippen LogP contribution in [0.2, 0.25) is 0 Å². The Bertz CT molecular complexity index is 366. The number of urea groups is 1. The molecule has 2 fully saturated rings. The Labute approximate surface area is 120 Å². The number of nitrogens with zero attached hydrogens (tertiary/aromatic N) is 2. The van der Waals surface area contributed by atoms with E-state index in [9.17, 15) is 9.59 Å². The number of carboxylic acids is 1. The zero-order chi connectivity index (χ0) is 14.7. The largest absolute Gasteiger partial charge is 0.481 e.